The van der Waals surface area contributed by atoms with E-state index in [1.807, 2.05) is 18.2 Å². The Morgan fingerprint density at radius 3 is 2.55 bits per heavy atom. The molecule has 1 heterocycles. The summed E-state index contributed by atoms with van der Waals surface area (Å²) in [7, 11) is 0. The second-order valence-electron chi connectivity index (χ2n) is 5.84. The molecule has 108 valence electrons. The molecule has 1 aliphatic heterocycles. The van der Waals surface area contributed by atoms with Crippen LogP contribution in [0.2, 0.25) is 0 Å². The Balaban J connectivity index is 1.62. The van der Waals surface area contributed by atoms with Crippen LogP contribution in [-0.4, -0.2) is 18.2 Å². The van der Waals surface area contributed by atoms with E-state index in [-0.39, 0.29) is 18.2 Å². The molecule has 4 heteroatoms. The summed E-state index contributed by atoms with van der Waals surface area (Å²) in [6.45, 7) is 0. The van der Waals surface area contributed by atoms with Crippen molar-refractivity contribution in [2.75, 3.05) is 0 Å². The van der Waals surface area contributed by atoms with Gasteiger partial charge in [-0.1, -0.05) is 49.6 Å². The van der Waals surface area contributed by atoms with E-state index in [0.29, 0.717) is 12.5 Å². The minimum absolute atomic E-state index is 0.103. The fourth-order valence-corrected chi connectivity index (χ4v) is 3.20. The molecule has 0 aromatic heterocycles. The molecule has 3 rings (SSSR count). The van der Waals surface area contributed by atoms with Crippen molar-refractivity contribution in [3.63, 3.8) is 0 Å². The topological polar surface area (TPSA) is 53.2 Å². The third kappa shape index (κ3) is 3.38. The molecule has 1 saturated heterocycles. The van der Waals surface area contributed by atoms with Crippen LogP contribution in [0.3, 0.4) is 0 Å². The smallest absolute Gasteiger partial charge is 0.224 e. The number of amides is 1. The number of nitrogens with one attached hydrogen (secondary N) is 3. The van der Waals surface area contributed by atoms with E-state index in [4.69, 9.17) is 0 Å². The number of rotatable bonds is 3. The normalized spacial score (nSPS) is 28.1. The average Bonchev–Trinajstić information content (AvgIpc) is 2.49. The van der Waals surface area contributed by atoms with Crippen LogP contribution in [0.15, 0.2) is 30.3 Å². The summed E-state index contributed by atoms with van der Waals surface area (Å²) in [5.41, 5.74) is 1.18. The Morgan fingerprint density at radius 1 is 1.05 bits per heavy atom. The zero-order valence-electron chi connectivity index (χ0n) is 11.8. The third-order valence-corrected chi connectivity index (χ3v) is 4.27. The highest BCUT2D eigenvalue weighted by Gasteiger charge is 2.28. The molecule has 1 amide bonds. The average molecular weight is 273 g/mol. The maximum Gasteiger partial charge on any atom is 0.224 e. The van der Waals surface area contributed by atoms with Crippen LogP contribution in [-0.2, 0) is 4.79 Å². The first kappa shape index (κ1) is 13.6. The van der Waals surface area contributed by atoms with Gasteiger partial charge in [0.05, 0.1) is 0 Å². The Morgan fingerprint density at radius 2 is 1.80 bits per heavy atom. The predicted octanol–water partition coefficient (Wildman–Crippen LogP) is 2.04. The molecule has 1 saturated carbocycles. The highest BCUT2D eigenvalue weighted by Crippen LogP contribution is 2.21. The maximum atomic E-state index is 11.9. The lowest BCUT2D eigenvalue weighted by atomic mass is 9.95. The van der Waals surface area contributed by atoms with Gasteiger partial charge in [0.2, 0.25) is 5.91 Å². The van der Waals surface area contributed by atoms with E-state index < -0.39 is 0 Å². The van der Waals surface area contributed by atoms with Crippen molar-refractivity contribution < 1.29 is 4.79 Å². The quantitative estimate of drug-likeness (QED) is 0.790. The van der Waals surface area contributed by atoms with Crippen LogP contribution in [0.25, 0.3) is 0 Å². The molecule has 2 fully saturated rings. The van der Waals surface area contributed by atoms with E-state index in [1.165, 1.54) is 37.7 Å². The second kappa shape index (κ2) is 6.37. The highest BCUT2D eigenvalue weighted by atomic mass is 16.2. The van der Waals surface area contributed by atoms with Gasteiger partial charge in [-0.05, 0) is 18.4 Å². The SMILES string of the molecule is O=C1CC(c2ccccc2)NC(NC2CCCCC2)N1. The molecule has 1 aromatic rings. The molecule has 2 unspecified atom stereocenters. The van der Waals surface area contributed by atoms with Gasteiger partial charge in [-0.2, -0.15) is 0 Å². The molecule has 3 N–H and O–H groups in total. The van der Waals surface area contributed by atoms with E-state index in [2.05, 4.69) is 28.1 Å². The van der Waals surface area contributed by atoms with Crippen molar-refractivity contribution in [2.45, 2.75) is 56.9 Å². The predicted molar refractivity (Wildman–Crippen MR) is 78.9 cm³/mol. The molecular formula is C16H23N3O. The van der Waals surface area contributed by atoms with Crippen LogP contribution < -0.4 is 16.0 Å². The fraction of sp³-hybridized carbons (Fsp3) is 0.562. The third-order valence-electron chi connectivity index (χ3n) is 4.27. The van der Waals surface area contributed by atoms with Crippen LogP contribution in [0, 0.1) is 0 Å². The van der Waals surface area contributed by atoms with Crippen molar-refractivity contribution in [3.05, 3.63) is 35.9 Å². The molecular weight excluding hydrogens is 250 g/mol. The summed E-state index contributed by atoms with van der Waals surface area (Å²) >= 11 is 0. The summed E-state index contributed by atoms with van der Waals surface area (Å²) in [5.74, 6) is 0.117. The van der Waals surface area contributed by atoms with Crippen molar-refractivity contribution in [3.8, 4) is 0 Å². The first-order valence-corrected chi connectivity index (χ1v) is 7.68. The molecule has 0 spiro atoms. The van der Waals surface area contributed by atoms with E-state index in [1.54, 1.807) is 0 Å². The summed E-state index contributed by atoms with van der Waals surface area (Å²) in [6, 6.07) is 10.8. The van der Waals surface area contributed by atoms with Gasteiger partial charge < -0.3 is 5.32 Å². The van der Waals surface area contributed by atoms with Gasteiger partial charge in [0.25, 0.3) is 0 Å². The fourth-order valence-electron chi connectivity index (χ4n) is 3.20. The van der Waals surface area contributed by atoms with Crippen LogP contribution in [0.5, 0.6) is 0 Å². The Bertz CT molecular complexity index is 442. The van der Waals surface area contributed by atoms with Crippen molar-refractivity contribution in [2.24, 2.45) is 0 Å². The summed E-state index contributed by atoms with van der Waals surface area (Å²) in [4.78, 5) is 11.9. The minimum atomic E-state index is -0.107. The zero-order chi connectivity index (χ0) is 13.8. The lowest BCUT2D eigenvalue weighted by Gasteiger charge is -2.35. The standard InChI is InChI=1S/C16H23N3O/c20-15-11-14(12-7-3-1-4-8-12)18-16(19-15)17-13-9-5-2-6-10-13/h1,3-4,7-8,13-14,16-18H,2,5-6,9-11H2,(H,19,20). The zero-order valence-corrected chi connectivity index (χ0v) is 11.8. The first-order chi connectivity index (χ1) is 9.81. The first-order valence-electron chi connectivity index (χ1n) is 7.68. The van der Waals surface area contributed by atoms with Gasteiger partial charge in [0.1, 0.15) is 6.29 Å². The monoisotopic (exact) mass is 273 g/mol. The van der Waals surface area contributed by atoms with Crippen molar-refractivity contribution >= 4 is 5.91 Å². The van der Waals surface area contributed by atoms with Gasteiger partial charge in [0, 0.05) is 18.5 Å². The number of hydrogen-bond acceptors (Lipinski definition) is 3. The van der Waals surface area contributed by atoms with E-state index in [0.717, 1.165) is 0 Å². The van der Waals surface area contributed by atoms with Gasteiger partial charge in [-0.25, -0.2) is 0 Å². The molecule has 20 heavy (non-hydrogen) atoms. The molecule has 0 radical (unpaired) electrons. The van der Waals surface area contributed by atoms with Gasteiger partial charge in [-0.15, -0.1) is 0 Å². The van der Waals surface area contributed by atoms with Crippen LogP contribution in [0.1, 0.15) is 50.1 Å². The van der Waals surface area contributed by atoms with E-state index >= 15 is 0 Å². The minimum Gasteiger partial charge on any atom is -0.328 e. The molecule has 0 bridgehead atoms. The lowest BCUT2D eigenvalue weighted by molar-refractivity contribution is -0.125. The maximum absolute atomic E-state index is 11.9. The molecule has 4 nitrogen and oxygen atoms in total. The molecule has 1 aliphatic carbocycles. The number of carbonyl (C=O) groups is 1. The molecule has 2 aliphatic rings. The van der Waals surface area contributed by atoms with Gasteiger partial charge >= 0.3 is 0 Å². The van der Waals surface area contributed by atoms with Crippen molar-refractivity contribution in [1.82, 2.24) is 16.0 Å². The number of carbonyl (C=O) groups excluding carboxylic acids is 1. The second-order valence-corrected chi connectivity index (χ2v) is 5.84. The Kier molecular flexibility index (Phi) is 4.33. The Labute approximate surface area is 120 Å². The van der Waals surface area contributed by atoms with E-state index in [9.17, 15) is 4.79 Å². The van der Waals surface area contributed by atoms with Crippen LogP contribution >= 0.6 is 0 Å². The molecule has 2 atom stereocenters. The highest BCUT2D eigenvalue weighted by molar-refractivity contribution is 5.78. The summed E-state index contributed by atoms with van der Waals surface area (Å²) < 4.78 is 0. The number of benzene rings is 1. The lowest BCUT2D eigenvalue weighted by Crippen LogP contribution is -2.62. The number of hydrogen-bond donors (Lipinski definition) is 3. The van der Waals surface area contributed by atoms with Crippen molar-refractivity contribution in [1.29, 1.82) is 0 Å². The Hall–Kier alpha value is -1.39. The largest absolute Gasteiger partial charge is 0.328 e. The molecule has 1 aromatic carbocycles. The van der Waals surface area contributed by atoms with Crippen LogP contribution in [0.4, 0.5) is 0 Å². The van der Waals surface area contributed by atoms with Gasteiger partial charge in [-0.3, -0.25) is 15.4 Å². The summed E-state index contributed by atoms with van der Waals surface area (Å²) in [6.07, 6.45) is 6.75. The van der Waals surface area contributed by atoms with Gasteiger partial charge in [0.15, 0.2) is 0 Å². The summed E-state index contributed by atoms with van der Waals surface area (Å²) in [5, 5.41) is 10.1.